The van der Waals surface area contributed by atoms with Gasteiger partial charge in [-0.15, -0.1) is 22.7 Å². The number of aryl methyl sites for hydroxylation is 1. The van der Waals surface area contributed by atoms with E-state index in [0.29, 0.717) is 16.9 Å². The molecule has 2 N–H and O–H groups in total. The number of anilines is 1. The van der Waals surface area contributed by atoms with E-state index in [2.05, 4.69) is 15.6 Å². The number of carbonyl (C=O) groups excluding carboxylic acids is 2. The molecule has 0 radical (unpaired) electrons. The molecule has 5 nitrogen and oxygen atoms in total. The Kier molecular flexibility index (Phi) is 4.73. The highest BCUT2D eigenvalue weighted by molar-refractivity contribution is 7.14. The molecule has 122 valence electrons. The van der Waals surface area contributed by atoms with Crippen LogP contribution in [0.15, 0.2) is 41.1 Å². The van der Waals surface area contributed by atoms with Gasteiger partial charge >= 0.3 is 0 Å². The summed E-state index contributed by atoms with van der Waals surface area (Å²) in [6.45, 7) is 2.03. The van der Waals surface area contributed by atoms with Gasteiger partial charge in [-0.3, -0.25) is 9.59 Å². The van der Waals surface area contributed by atoms with Crippen LogP contribution in [0.25, 0.3) is 10.6 Å². The monoisotopic (exact) mass is 357 g/mol. The Morgan fingerprint density at radius 2 is 1.88 bits per heavy atom. The van der Waals surface area contributed by atoms with E-state index in [9.17, 15) is 9.59 Å². The van der Waals surface area contributed by atoms with Crippen LogP contribution in [0.5, 0.6) is 0 Å². The highest BCUT2D eigenvalue weighted by Gasteiger charge is 2.16. The molecule has 0 unspecified atom stereocenters. The van der Waals surface area contributed by atoms with Crippen LogP contribution >= 0.6 is 22.7 Å². The lowest BCUT2D eigenvalue weighted by molar-refractivity contribution is 0.0964. The van der Waals surface area contributed by atoms with E-state index in [1.54, 1.807) is 48.0 Å². The SMILES string of the molecule is CNC(=O)c1ccccc1NC(=O)c1csc(-c2csc(C)c2)n1. The van der Waals surface area contributed by atoms with Crippen molar-refractivity contribution in [2.45, 2.75) is 6.92 Å². The van der Waals surface area contributed by atoms with Crippen molar-refractivity contribution in [1.29, 1.82) is 0 Å². The van der Waals surface area contributed by atoms with Crippen molar-refractivity contribution in [2.24, 2.45) is 0 Å². The van der Waals surface area contributed by atoms with Crippen molar-refractivity contribution in [3.05, 3.63) is 57.2 Å². The molecule has 3 aromatic rings. The number of rotatable bonds is 4. The first-order valence-corrected chi connectivity index (χ1v) is 8.98. The Bertz CT molecular complexity index is 899. The number of nitrogens with one attached hydrogen (secondary N) is 2. The van der Waals surface area contributed by atoms with Crippen LogP contribution in [-0.2, 0) is 0 Å². The lowest BCUT2D eigenvalue weighted by atomic mass is 10.1. The number of para-hydroxylation sites is 1. The minimum atomic E-state index is -0.333. The van der Waals surface area contributed by atoms with Crippen molar-refractivity contribution in [2.75, 3.05) is 12.4 Å². The van der Waals surface area contributed by atoms with Gasteiger partial charge in [0.15, 0.2) is 0 Å². The predicted octanol–water partition coefficient (Wildman–Crippen LogP) is 3.79. The molecule has 0 fully saturated rings. The van der Waals surface area contributed by atoms with Crippen LogP contribution in [0, 0.1) is 6.92 Å². The second kappa shape index (κ2) is 6.94. The average Bonchev–Trinajstić information content (AvgIpc) is 3.23. The highest BCUT2D eigenvalue weighted by atomic mass is 32.1. The van der Waals surface area contributed by atoms with Crippen LogP contribution in [0.3, 0.4) is 0 Å². The smallest absolute Gasteiger partial charge is 0.275 e. The van der Waals surface area contributed by atoms with Crippen molar-refractivity contribution < 1.29 is 9.59 Å². The van der Waals surface area contributed by atoms with E-state index in [4.69, 9.17) is 0 Å². The minimum absolute atomic E-state index is 0.251. The maximum Gasteiger partial charge on any atom is 0.275 e. The van der Waals surface area contributed by atoms with Crippen LogP contribution < -0.4 is 10.6 Å². The van der Waals surface area contributed by atoms with Gasteiger partial charge in [0, 0.05) is 28.2 Å². The van der Waals surface area contributed by atoms with Gasteiger partial charge in [0.25, 0.3) is 11.8 Å². The zero-order chi connectivity index (χ0) is 17.1. The van der Waals surface area contributed by atoms with Crippen LogP contribution in [0.2, 0.25) is 0 Å². The fourth-order valence-corrected chi connectivity index (χ4v) is 3.73. The van der Waals surface area contributed by atoms with Crippen molar-refractivity contribution in [3.63, 3.8) is 0 Å². The predicted molar refractivity (Wildman–Crippen MR) is 97.9 cm³/mol. The molecule has 2 amide bonds. The molecule has 0 spiro atoms. The first-order valence-electron chi connectivity index (χ1n) is 7.22. The van der Waals surface area contributed by atoms with Crippen molar-refractivity contribution >= 4 is 40.2 Å². The normalized spacial score (nSPS) is 10.4. The minimum Gasteiger partial charge on any atom is -0.355 e. The molecule has 0 saturated carbocycles. The Hall–Kier alpha value is -2.51. The van der Waals surface area contributed by atoms with E-state index >= 15 is 0 Å². The summed E-state index contributed by atoms with van der Waals surface area (Å²) in [7, 11) is 1.55. The molecule has 1 aromatic carbocycles. The summed E-state index contributed by atoms with van der Waals surface area (Å²) >= 11 is 3.07. The number of aromatic nitrogens is 1. The number of carbonyl (C=O) groups is 2. The molecule has 0 aliphatic carbocycles. The zero-order valence-electron chi connectivity index (χ0n) is 13.1. The Balaban J connectivity index is 1.81. The molecule has 0 bridgehead atoms. The molecule has 0 saturated heterocycles. The van der Waals surface area contributed by atoms with Crippen LogP contribution in [0.1, 0.15) is 25.7 Å². The number of benzene rings is 1. The Morgan fingerprint density at radius 3 is 2.58 bits per heavy atom. The largest absolute Gasteiger partial charge is 0.355 e. The summed E-state index contributed by atoms with van der Waals surface area (Å²) in [5.74, 6) is -0.584. The molecule has 0 aliphatic rings. The first kappa shape index (κ1) is 16.4. The number of thiophene rings is 1. The van der Waals surface area contributed by atoms with Crippen molar-refractivity contribution in [3.8, 4) is 10.6 Å². The van der Waals surface area contributed by atoms with E-state index in [1.165, 1.54) is 16.2 Å². The van der Waals surface area contributed by atoms with Gasteiger partial charge < -0.3 is 10.6 Å². The molecule has 2 heterocycles. The molecule has 7 heteroatoms. The average molecular weight is 357 g/mol. The lowest BCUT2D eigenvalue weighted by Gasteiger charge is -2.08. The van der Waals surface area contributed by atoms with Crippen LogP contribution in [-0.4, -0.2) is 23.8 Å². The van der Waals surface area contributed by atoms with E-state index in [1.807, 2.05) is 18.4 Å². The van der Waals surface area contributed by atoms with Gasteiger partial charge in [0.1, 0.15) is 10.7 Å². The molecule has 2 aromatic heterocycles. The first-order chi connectivity index (χ1) is 11.6. The summed E-state index contributed by atoms with van der Waals surface area (Å²) in [6, 6.07) is 8.92. The third kappa shape index (κ3) is 3.37. The number of amides is 2. The maximum atomic E-state index is 12.4. The summed E-state index contributed by atoms with van der Waals surface area (Å²) in [5, 5.41) is 9.88. The second-order valence-electron chi connectivity index (χ2n) is 5.06. The number of thiazole rings is 1. The van der Waals surface area contributed by atoms with Gasteiger partial charge in [-0.25, -0.2) is 4.98 Å². The molecular weight excluding hydrogens is 342 g/mol. The number of hydrogen-bond acceptors (Lipinski definition) is 5. The second-order valence-corrected chi connectivity index (χ2v) is 7.04. The Labute approximate surface area is 147 Å². The molecule has 3 rings (SSSR count). The third-order valence-corrected chi connectivity index (χ3v) is 5.11. The fourth-order valence-electron chi connectivity index (χ4n) is 2.18. The van der Waals surface area contributed by atoms with E-state index < -0.39 is 0 Å². The molecular formula is C17H15N3O2S2. The van der Waals surface area contributed by atoms with Crippen molar-refractivity contribution in [1.82, 2.24) is 10.3 Å². The summed E-state index contributed by atoms with van der Waals surface area (Å²) < 4.78 is 0. The Morgan fingerprint density at radius 1 is 1.08 bits per heavy atom. The number of hydrogen-bond donors (Lipinski definition) is 2. The van der Waals surface area contributed by atoms with Crippen LogP contribution in [0.4, 0.5) is 5.69 Å². The number of nitrogens with zero attached hydrogens (tertiary/aromatic N) is 1. The zero-order valence-corrected chi connectivity index (χ0v) is 14.8. The summed E-state index contributed by atoms with van der Waals surface area (Å²) in [5.41, 5.74) is 2.23. The van der Waals surface area contributed by atoms with Gasteiger partial charge in [0.05, 0.1) is 11.3 Å². The third-order valence-electron chi connectivity index (χ3n) is 3.36. The highest BCUT2D eigenvalue weighted by Crippen LogP contribution is 2.28. The summed E-state index contributed by atoms with van der Waals surface area (Å²) in [6.07, 6.45) is 0. The fraction of sp³-hybridized carbons (Fsp3) is 0.118. The topological polar surface area (TPSA) is 71.1 Å². The lowest BCUT2D eigenvalue weighted by Crippen LogP contribution is -2.21. The molecule has 0 atom stereocenters. The van der Waals surface area contributed by atoms with E-state index in [-0.39, 0.29) is 11.8 Å². The van der Waals surface area contributed by atoms with Gasteiger partial charge in [-0.1, -0.05) is 12.1 Å². The van der Waals surface area contributed by atoms with Gasteiger partial charge in [-0.05, 0) is 25.1 Å². The standard InChI is InChI=1S/C17H15N3O2S2/c1-10-7-11(8-23-10)17-20-14(9-24-17)16(22)19-13-6-4-3-5-12(13)15(21)18-2/h3-9H,1-2H3,(H,18,21)(H,19,22). The van der Waals surface area contributed by atoms with E-state index in [0.717, 1.165) is 10.6 Å². The van der Waals surface area contributed by atoms with Gasteiger partial charge in [-0.2, -0.15) is 0 Å². The molecule has 24 heavy (non-hydrogen) atoms. The summed E-state index contributed by atoms with van der Waals surface area (Å²) in [4.78, 5) is 29.9. The molecule has 0 aliphatic heterocycles. The quantitative estimate of drug-likeness (QED) is 0.746. The maximum absolute atomic E-state index is 12.4. The van der Waals surface area contributed by atoms with Gasteiger partial charge in [0.2, 0.25) is 0 Å².